The van der Waals surface area contributed by atoms with Gasteiger partial charge in [0.2, 0.25) is 5.89 Å². The summed E-state index contributed by atoms with van der Waals surface area (Å²) in [4.78, 5) is 4.44. The van der Waals surface area contributed by atoms with Crippen LogP contribution in [0.2, 0.25) is 0 Å². The highest BCUT2D eigenvalue weighted by Gasteiger charge is 2.11. The number of nitrogens with zero attached hydrogens (tertiary/aromatic N) is 1. The summed E-state index contributed by atoms with van der Waals surface area (Å²) in [7, 11) is 0. The van der Waals surface area contributed by atoms with Crippen LogP contribution in [0, 0.1) is 6.92 Å². The van der Waals surface area contributed by atoms with Gasteiger partial charge in [0, 0.05) is 5.69 Å². The molecule has 2 aromatic carbocycles. The van der Waals surface area contributed by atoms with Gasteiger partial charge in [0.15, 0.2) is 5.58 Å². The van der Waals surface area contributed by atoms with Crippen LogP contribution in [0.5, 0.6) is 0 Å². The lowest BCUT2D eigenvalue weighted by Gasteiger charge is -2.03. The Morgan fingerprint density at radius 1 is 1.06 bits per heavy atom. The third-order valence-electron chi connectivity index (χ3n) is 2.85. The van der Waals surface area contributed by atoms with Crippen molar-refractivity contribution in [2.45, 2.75) is 6.92 Å². The first-order valence-electron chi connectivity index (χ1n) is 5.47. The standard InChI is InChI=1S/C14H12N2O/c1-9-5-4-6-10(13(9)15)14-16-11-7-2-3-8-12(11)17-14/h2-8H,15H2,1H3. The number of hydrogen-bond acceptors (Lipinski definition) is 3. The molecule has 3 nitrogen and oxygen atoms in total. The lowest BCUT2D eigenvalue weighted by atomic mass is 10.1. The van der Waals surface area contributed by atoms with Crippen LogP contribution >= 0.6 is 0 Å². The number of para-hydroxylation sites is 3. The molecule has 0 saturated carbocycles. The van der Waals surface area contributed by atoms with E-state index in [-0.39, 0.29) is 0 Å². The third kappa shape index (κ3) is 1.56. The summed E-state index contributed by atoms with van der Waals surface area (Å²) in [6.07, 6.45) is 0. The topological polar surface area (TPSA) is 52.0 Å². The first kappa shape index (κ1) is 9.90. The molecule has 3 aromatic rings. The normalized spacial score (nSPS) is 10.9. The summed E-state index contributed by atoms with van der Waals surface area (Å²) >= 11 is 0. The zero-order valence-electron chi connectivity index (χ0n) is 9.47. The predicted octanol–water partition coefficient (Wildman–Crippen LogP) is 3.39. The van der Waals surface area contributed by atoms with Crippen molar-refractivity contribution in [2.24, 2.45) is 0 Å². The van der Waals surface area contributed by atoms with Crippen molar-refractivity contribution < 1.29 is 4.42 Å². The summed E-state index contributed by atoms with van der Waals surface area (Å²) in [6, 6.07) is 13.5. The summed E-state index contributed by atoms with van der Waals surface area (Å²) in [5.41, 5.74) is 10.3. The summed E-state index contributed by atoms with van der Waals surface area (Å²) in [5, 5.41) is 0. The molecule has 1 heterocycles. The van der Waals surface area contributed by atoms with Gasteiger partial charge in [0.1, 0.15) is 5.52 Å². The Hall–Kier alpha value is -2.29. The number of hydrogen-bond donors (Lipinski definition) is 1. The summed E-state index contributed by atoms with van der Waals surface area (Å²) in [5.74, 6) is 0.576. The molecule has 2 N–H and O–H groups in total. The van der Waals surface area contributed by atoms with Crippen molar-refractivity contribution in [2.75, 3.05) is 5.73 Å². The van der Waals surface area contributed by atoms with E-state index in [4.69, 9.17) is 10.2 Å². The Kier molecular flexibility index (Phi) is 2.11. The highest BCUT2D eigenvalue weighted by atomic mass is 16.3. The molecule has 0 radical (unpaired) electrons. The van der Waals surface area contributed by atoms with Gasteiger partial charge in [0.25, 0.3) is 0 Å². The van der Waals surface area contributed by atoms with E-state index in [1.54, 1.807) is 0 Å². The minimum absolute atomic E-state index is 0.576. The van der Waals surface area contributed by atoms with Gasteiger partial charge >= 0.3 is 0 Å². The van der Waals surface area contributed by atoms with Crippen molar-refractivity contribution in [3.05, 3.63) is 48.0 Å². The zero-order valence-corrected chi connectivity index (χ0v) is 9.47. The quantitative estimate of drug-likeness (QED) is 0.644. The van der Waals surface area contributed by atoms with Crippen LogP contribution in [0.15, 0.2) is 46.9 Å². The smallest absolute Gasteiger partial charge is 0.229 e. The molecule has 0 spiro atoms. The van der Waals surface area contributed by atoms with Gasteiger partial charge < -0.3 is 10.2 Å². The Bertz CT molecular complexity index is 653. The molecule has 0 unspecified atom stereocenters. The van der Waals surface area contributed by atoms with E-state index in [1.165, 1.54) is 0 Å². The van der Waals surface area contributed by atoms with Gasteiger partial charge in [-0.05, 0) is 30.7 Å². The number of aromatic nitrogens is 1. The molecular weight excluding hydrogens is 212 g/mol. The molecule has 1 aromatic heterocycles. The first-order valence-corrected chi connectivity index (χ1v) is 5.47. The van der Waals surface area contributed by atoms with E-state index < -0.39 is 0 Å². The van der Waals surface area contributed by atoms with Crippen molar-refractivity contribution in [3.8, 4) is 11.5 Å². The van der Waals surface area contributed by atoms with Gasteiger partial charge in [-0.25, -0.2) is 4.98 Å². The lowest BCUT2D eigenvalue weighted by molar-refractivity contribution is 0.620. The lowest BCUT2D eigenvalue weighted by Crippen LogP contribution is -1.93. The Morgan fingerprint density at radius 2 is 1.88 bits per heavy atom. The molecular formula is C14H12N2O. The second-order valence-corrected chi connectivity index (χ2v) is 4.02. The molecule has 17 heavy (non-hydrogen) atoms. The number of oxazole rings is 1. The molecule has 0 atom stereocenters. The summed E-state index contributed by atoms with van der Waals surface area (Å²) in [6.45, 7) is 1.97. The Balaban J connectivity index is 2.24. The average Bonchev–Trinajstić information content (AvgIpc) is 2.76. The number of anilines is 1. The predicted molar refractivity (Wildman–Crippen MR) is 68.6 cm³/mol. The minimum Gasteiger partial charge on any atom is -0.436 e. The first-order chi connectivity index (χ1) is 8.25. The second-order valence-electron chi connectivity index (χ2n) is 4.02. The Morgan fingerprint density at radius 3 is 2.71 bits per heavy atom. The molecule has 0 aliphatic heterocycles. The second kappa shape index (κ2) is 3.63. The number of fused-ring (bicyclic) bond motifs is 1. The SMILES string of the molecule is Cc1cccc(-c2nc3ccccc3o2)c1N. The van der Waals surface area contributed by atoms with Crippen LogP contribution in [0.25, 0.3) is 22.6 Å². The van der Waals surface area contributed by atoms with E-state index in [2.05, 4.69) is 4.98 Å². The van der Waals surface area contributed by atoms with Gasteiger partial charge in [0.05, 0.1) is 5.56 Å². The number of aryl methyl sites for hydroxylation is 1. The molecule has 3 heteroatoms. The number of benzene rings is 2. The number of rotatable bonds is 1. The number of nitrogens with two attached hydrogens (primary N) is 1. The maximum absolute atomic E-state index is 6.04. The van der Waals surface area contributed by atoms with E-state index in [9.17, 15) is 0 Å². The van der Waals surface area contributed by atoms with Crippen LogP contribution in [0.1, 0.15) is 5.56 Å². The van der Waals surface area contributed by atoms with Gasteiger partial charge in [-0.1, -0.05) is 24.3 Å². The minimum atomic E-state index is 0.576. The van der Waals surface area contributed by atoms with Gasteiger partial charge in [-0.2, -0.15) is 0 Å². The average molecular weight is 224 g/mol. The molecule has 0 fully saturated rings. The van der Waals surface area contributed by atoms with Crippen LogP contribution < -0.4 is 5.73 Å². The molecule has 3 rings (SSSR count). The zero-order chi connectivity index (χ0) is 11.8. The van der Waals surface area contributed by atoms with E-state index in [1.807, 2.05) is 49.4 Å². The van der Waals surface area contributed by atoms with Gasteiger partial charge in [-0.15, -0.1) is 0 Å². The molecule has 0 aliphatic rings. The maximum Gasteiger partial charge on any atom is 0.229 e. The fourth-order valence-electron chi connectivity index (χ4n) is 1.85. The monoisotopic (exact) mass is 224 g/mol. The van der Waals surface area contributed by atoms with Crippen LogP contribution in [-0.4, -0.2) is 4.98 Å². The van der Waals surface area contributed by atoms with Crippen LogP contribution in [0.3, 0.4) is 0 Å². The van der Waals surface area contributed by atoms with Crippen molar-refractivity contribution in [1.82, 2.24) is 4.98 Å². The molecule has 0 bridgehead atoms. The van der Waals surface area contributed by atoms with Crippen LogP contribution in [-0.2, 0) is 0 Å². The third-order valence-corrected chi connectivity index (χ3v) is 2.85. The largest absolute Gasteiger partial charge is 0.436 e. The van der Waals surface area contributed by atoms with E-state index in [0.717, 1.165) is 27.9 Å². The Labute approximate surface area is 98.9 Å². The fourth-order valence-corrected chi connectivity index (χ4v) is 1.85. The van der Waals surface area contributed by atoms with E-state index >= 15 is 0 Å². The molecule has 0 saturated heterocycles. The van der Waals surface area contributed by atoms with E-state index in [0.29, 0.717) is 5.89 Å². The highest BCUT2D eigenvalue weighted by molar-refractivity contribution is 5.80. The molecule has 0 amide bonds. The van der Waals surface area contributed by atoms with Crippen molar-refractivity contribution >= 4 is 16.8 Å². The number of nitrogen functional groups attached to an aromatic ring is 1. The van der Waals surface area contributed by atoms with Crippen LogP contribution in [0.4, 0.5) is 5.69 Å². The van der Waals surface area contributed by atoms with Gasteiger partial charge in [-0.3, -0.25) is 0 Å². The highest BCUT2D eigenvalue weighted by Crippen LogP contribution is 2.29. The fraction of sp³-hybridized carbons (Fsp3) is 0.0714. The summed E-state index contributed by atoms with van der Waals surface area (Å²) < 4.78 is 5.70. The molecule has 0 aliphatic carbocycles. The molecule has 84 valence electrons. The maximum atomic E-state index is 6.04. The van der Waals surface area contributed by atoms with Crippen molar-refractivity contribution in [1.29, 1.82) is 0 Å². The van der Waals surface area contributed by atoms with Crippen molar-refractivity contribution in [3.63, 3.8) is 0 Å².